The minimum Gasteiger partial charge on any atom is -0.325 e. The molecule has 0 saturated carbocycles. The van der Waals surface area contributed by atoms with Crippen LogP contribution in [0.2, 0.25) is 0 Å². The maximum Gasteiger partial charge on any atom is 0.243 e. The maximum absolute atomic E-state index is 13.1. The van der Waals surface area contributed by atoms with Crippen LogP contribution in [0.15, 0.2) is 23.1 Å². The van der Waals surface area contributed by atoms with Crippen molar-refractivity contribution in [2.75, 3.05) is 13.1 Å². The monoisotopic (exact) mass is 255 g/mol. The Balaban J connectivity index is 2.38. The van der Waals surface area contributed by atoms with E-state index in [0.29, 0.717) is 0 Å². The Morgan fingerprint density at radius 3 is 2.65 bits per heavy atom. The molecule has 1 aromatic rings. The second-order valence-electron chi connectivity index (χ2n) is 3.84. The minimum atomic E-state index is -3.65. The summed E-state index contributed by atoms with van der Waals surface area (Å²) in [6.07, 6.45) is 0. The molecule has 17 heavy (non-hydrogen) atoms. The predicted octanol–water partition coefficient (Wildman–Crippen LogP) is 0.0290. The number of hydrogen-bond donors (Lipinski definition) is 1. The molecule has 2 N–H and O–H groups in total. The van der Waals surface area contributed by atoms with E-state index in [-0.39, 0.29) is 29.6 Å². The molecular weight excluding hydrogens is 245 g/mol. The van der Waals surface area contributed by atoms with Gasteiger partial charge in [0, 0.05) is 19.1 Å². The van der Waals surface area contributed by atoms with Crippen molar-refractivity contribution in [3.8, 4) is 6.07 Å². The van der Waals surface area contributed by atoms with Crippen LogP contribution in [-0.4, -0.2) is 31.9 Å². The molecule has 5 nitrogen and oxygen atoms in total. The van der Waals surface area contributed by atoms with Crippen molar-refractivity contribution in [3.63, 3.8) is 0 Å². The first kappa shape index (κ1) is 12.0. The molecule has 2 rings (SSSR count). The average molecular weight is 255 g/mol. The lowest BCUT2D eigenvalue weighted by atomic mass is 10.2. The normalized spacial score (nSPS) is 17.5. The average Bonchev–Trinajstić information content (AvgIpc) is 2.25. The van der Waals surface area contributed by atoms with Crippen LogP contribution in [0.5, 0.6) is 0 Å². The molecule has 0 radical (unpaired) electrons. The lowest BCUT2D eigenvalue weighted by molar-refractivity contribution is 0.265. The molecule has 0 spiro atoms. The largest absolute Gasteiger partial charge is 0.325 e. The van der Waals surface area contributed by atoms with Gasteiger partial charge in [0.2, 0.25) is 10.0 Å². The molecule has 90 valence electrons. The fourth-order valence-corrected chi connectivity index (χ4v) is 3.15. The summed E-state index contributed by atoms with van der Waals surface area (Å²) in [5, 5.41) is 8.64. The molecule has 0 amide bonds. The van der Waals surface area contributed by atoms with Crippen LogP contribution in [0.3, 0.4) is 0 Å². The van der Waals surface area contributed by atoms with Gasteiger partial charge in [-0.05, 0) is 18.2 Å². The van der Waals surface area contributed by atoms with Gasteiger partial charge in [-0.25, -0.2) is 12.8 Å². The van der Waals surface area contributed by atoms with Gasteiger partial charge in [0.15, 0.2) is 0 Å². The van der Waals surface area contributed by atoms with Gasteiger partial charge in [-0.1, -0.05) is 0 Å². The lowest BCUT2D eigenvalue weighted by Gasteiger charge is -2.35. The molecule has 1 fully saturated rings. The third-order valence-electron chi connectivity index (χ3n) is 2.57. The zero-order valence-electron chi connectivity index (χ0n) is 8.80. The minimum absolute atomic E-state index is 0.0812. The van der Waals surface area contributed by atoms with E-state index in [2.05, 4.69) is 0 Å². The Morgan fingerprint density at radius 1 is 1.47 bits per heavy atom. The fraction of sp³-hybridized carbons (Fsp3) is 0.300. The third kappa shape index (κ3) is 2.02. The third-order valence-corrected chi connectivity index (χ3v) is 4.40. The van der Waals surface area contributed by atoms with E-state index in [4.69, 9.17) is 11.0 Å². The summed E-state index contributed by atoms with van der Waals surface area (Å²) in [5.74, 6) is -0.730. The number of halogens is 1. The van der Waals surface area contributed by atoms with Crippen LogP contribution in [0.25, 0.3) is 0 Å². The lowest BCUT2D eigenvalue weighted by Crippen LogP contribution is -2.57. The summed E-state index contributed by atoms with van der Waals surface area (Å²) >= 11 is 0. The number of hydrogen-bond acceptors (Lipinski definition) is 4. The summed E-state index contributed by atoms with van der Waals surface area (Å²) in [4.78, 5) is -0.0812. The Bertz CT molecular complexity index is 588. The molecule has 1 saturated heterocycles. The van der Waals surface area contributed by atoms with Crippen LogP contribution < -0.4 is 5.73 Å². The number of nitrogens with zero attached hydrogens (tertiary/aromatic N) is 2. The number of nitriles is 1. The van der Waals surface area contributed by atoms with E-state index >= 15 is 0 Å². The molecular formula is C10H10FN3O2S. The van der Waals surface area contributed by atoms with E-state index in [9.17, 15) is 12.8 Å². The van der Waals surface area contributed by atoms with Crippen LogP contribution in [-0.2, 0) is 10.0 Å². The van der Waals surface area contributed by atoms with Crippen molar-refractivity contribution in [2.24, 2.45) is 5.73 Å². The summed E-state index contributed by atoms with van der Waals surface area (Å²) in [6.45, 7) is 0.503. The van der Waals surface area contributed by atoms with Gasteiger partial charge in [0.25, 0.3) is 0 Å². The molecule has 7 heteroatoms. The SMILES string of the molecule is N#Cc1cc(S(=O)(=O)N2CC(N)C2)ccc1F. The Morgan fingerprint density at radius 2 is 2.12 bits per heavy atom. The first-order chi connectivity index (χ1) is 7.95. The first-order valence-electron chi connectivity index (χ1n) is 4.90. The summed E-state index contributed by atoms with van der Waals surface area (Å²) < 4.78 is 38.2. The topological polar surface area (TPSA) is 87.2 Å². The smallest absolute Gasteiger partial charge is 0.243 e. The van der Waals surface area contributed by atoms with Crippen molar-refractivity contribution in [3.05, 3.63) is 29.6 Å². The van der Waals surface area contributed by atoms with Gasteiger partial charge in [0.1, 0.15) is 11.9 Å². The molecule has 0 unspecified atom stereocenters. The quantitative estimate of drug-likeness (QED) is 0.807. The molecule has 0 aliphatic carbocycles. The van der Waals surface area contributed by atoms with Gasteiger partial charge >= 0.3 is 0 Å². The highest BCUT2D eigenvalue weighted by atomic mass is 32.2. The fourth-order valence-electron chi connectivity index (χ4n) is 1.57. The first-order valence-corrected chi connectivity index (χ1v) is 6.34. The zero-order valence-corrected chi connectivity index (χ0v) is 9.61. The second-order valence-corrected chi connectivity index (χ2v) is 5.77. The molecule has 1 aliphatic rings. The molecule has 0 bridgehead atoms. The van der Waals surface area contributed by atoms with Crippen molar-refractivity contribution in [1.82, 2.24) is 4.31 Å². The zero-order chi connectivity index (χ0) is 12.6. The summed E-state index contributed by atoms with van der Waals surface area (Å²) in [5.41, 5.74) is 5.22. The van der Waals surface area contributed by atoms with E-state index < -0.39 is 15.8 Å². The Kier molecular flexibility index (Phi) is 2.87. The second kappa shape index (κ2) is 4.07. The van der Waals surface area contributed by atoms with Crippen LogP contribution >= 0.6 is 0 Å². The van der Waals surface area contributed by atoms with Gasteiger partial charge in [-0.3, -0.25) is 0 Å². The standard InChI is InChI=1S/C10H10FN3O2S/c11-10-2-1-9(3-7(10)4-12)17(15,16)14-5-8(13)6-14/h1-3,8H,5-6,13H2. The van der Waals surface area contributed by atoms with E-state index in [1.165, 1.54) is 4.31 Å². The van der Waals surface area contributed by atoms with E-state index in [0.717, 1.165) is 18.2 Å². The Labute approximate surface area is 98.3 Å². The number of sulfonamides is 1. The van der Waals surface area contributed by atoms with Gasteiger partial charge in [0.05, 0.1) is 10.5 Å². The van der Waals surface area contributed by atoms with Crippen molar-refractivity contribution < 1.29 is 12.8 Å². The maximum atomic E-state index is 13.1. The van der Waals surface area contributed by atoms with Gasteiger partial charge in [-0.15, -0.1) is 0 Å². The van der Waals surface area contributed by atoms with Crippen molar-refractivity contribution >= 4 is 10.0 Å². The van der Waals surface area contributed by atoms with Gasteiger partial charge in [-0.2, -0.15) is 9.57 Å². The highest BCUT2D eigenvalue weighted by molar-refractivity contribution is 7.89. The summed E-state index contributed by atoms with van der Waals surface area (Å²) in [7, 11) is -3.65. The number of nitrogens with two attached hydrogens (primary N) is 1. The highest BCUT2D eigenvalue weighted by Crippen LogP contribution is 2.22. The molecule has 1 aromatic carbocycles. The predicted molar refractivity (Wildman–Crippen MR) is 57.8 cm³/mol. The van der Waals surface area contributed by atoms with Crippen LogP contribution in [0.1, 0.15) is 5.56 Å². The van der Waals surface area contributed by atoms with Gasteiger partial charge < -0.3 is 5.73 Å². The van der Waals surface area contributed by atoms with E-state index in [1.807, 2.05) is 0 Å². The molecule has 0 aromatic heterocycles. The van der Waals surface area contributed by atoms with Crippen LogP contribution in [0, 0.1) is 17.1 Å². The number of rotatable bonds is 2. The summed E-state index contributed by atoms with van der Waals surface area (Å²) in [6, 6.07) is 4.62. The van der Waals surface area contributed by atoms with Crippen LogP contribution in [0.4, 0.5) is 4.39 Å². The molecule has 1 heterocycles. The van der Waals surface area contributed by atoms with Crippen molar-refractivity contribution in [1.29, 1.82) is 5.26 Å². The highest BCUT2D eigenvalue weighted by Gasteiger charge is 2.34. The molecule has 1 aliphatic heterocycles. The number of benzene rings is 1. The van der Waals surface area contributed by atoms with E-state index in [1.54, 1.807) is 6.07 Å². The Hall–Kier alpha value is -1.49. The molecule has 0 atom stereocenters. The van der Waals surface area contributed by atoms with Crippen molar-refractivity contribution in [2.45, 2.75) is 10.9 Å².